The maximum Gasteiger partial charge on any atom is 0.412 e. The van der Waals surface area contributed by atoms with Crippen molar-refractivity contribution in [3.05, 3.63) is 29.3 Å². The van der Waals surface area contributed by atoms with Crippen molar-refractivity contribution in [1.82, 2.24) is 0 Å². The molecular weight excluding hydrogens is 276 g/mol. The van der Waals surface area contributed by atoms with Crippen LogP contribution in [-0.4, -0.2) is 18.2 Å². The van der Waals surface area contributed by atoms with Crippen molar-refractivity contribution in [1.29, 1.82) is 0 Å². The summed E-state index contributed by atoms with van der Waals surface area (Å²) >= 11 is 0. The standard InChI is InChI=1S/C18H28N2O2/c1-13-6-7-14(18(10-11-19)8-5-9-18)12-15(13)20-16(21)22-17(2,3)4/h6-7,12H,5,8-11,19H2,1-4H3,(H,20,21). The van der Waals surface area contributed by atoms with E-state index in [2.05, 4.69) is 23.5 Å². The van der Waals surface area contributed by atoms with E-state index in [1.807, 2.05) is 27.7 Å². The fourth-order valence-electron chi connectivity index (χ4n) is 3.06. The zero-order valence-electron chi connectivity index (χ0n) is 14.2. The van der Waals surface area contributed by atoms with Gasteiger partial charge in [0.15, 0.2) is 0 Å². The van der Waals surface area contributed by atoms with Crippen molar-refractivity contribution >= 4 is 11.8 Å². The number of ether oxygens (including phenoxy) is 1. The maximum atomic E-state index is 12.0. The van der Waals surface area contributed by atoms with E-state index in [1.54, 1.807) is 0 Å². The van der Waals surface area contributed by atoms with Gasteiger partial charge in [-0.1, -0.05) is 18.6 Å². The van der Waals surface area contributed by atoms with E-state index < -0.39 is 11.7 Å². The number of carbonyl (C=O) groups excluding carboxylic acids is 1. The Hall–Kier alpha value is -1.55. The van der Waals surface area contributed by atoms with Crippen molar-refractivity contribution in [2.75, 3.05) is 11.9 Å². The van der Waals surface area contributed by atoms with Crippen LogP contribution in [0.3, 0.4) is 0 Å². The lowest BCUT2D eigenvalue weighted by Crippen LogP contribution is -2.36. The number of carbonyl (C=O) groups is 1. The predicted molar refractivity (Wildman–Crippen MR) is 90.2 cm³/mol. The monoisotopic (exact) mass is 304 g/mol. The Morgan fingerprint density at radius 2 is 2.05 bits per heavy atom. The topological polar surface area (TPSA) is 64.3 Å². The Morgan fingerprint density at radius 1 is 1.36 bits per heavy atom. The number of nitrogens with one attached hydrogen (secondary N) is 1. The minimum atomic E-state index is -0.496. The van der Waals surface area contributed by atoms with Crippen molar-refractivity contribution in [2.45, 2.75) is 64.4 Å². The molecule has 4 heteroatoms. The highest BCUT2D eigenvalue weighted by molar-refractivity contribution is 5.86. The van der Waals surface area contributed by atoms with E-state index in [1.165, 1.54) is 24.8 Å². The zero-order valence-corrected chi connectivity index (χ0v) is 14.2. The molecule has 0 saturated heterocycles. The molecule has 0 atom stereocenters. The second-order valence-electron chi connectivity index (χ2n) is 7.33. The van der Waals surface area contributed by atoms with Gasteiger partial charge in [-0.3, -0.25) is 5.32 Å². The molecule has 1 amide bonds. The normalized spacial score (nSPS) is 16.8. The molecule has 0 heterocycles. The van der Waals surface area contributed by atoms with Gasteiger partial charge < -0.3 is 10.5 Å². The average Bonchev–Trinajstić information content (AvgIpc) is 2.34. The third-order valence-corrected chi connectivity index (χ3v) is 4.42. The van der Waals surface area contributed by atoms with Crippen LogP contribution >= 0.6 is 0 Å². The minimum Gasteiger partial charge on any atom is -0.444 e. The summed E-state index contributed by atoms with van der Waals surface area (Å²) in [6.07, 6.45) is 4.21. The second kappa shape index (κ2) is 6.29. The van der Waals surface area contributed by atoms with Crippen LogP contribution in [0.1, 0.15) is 57.6 Å². The van der Waals surface area contributed by atoms with Gasteiger partial charge in [-0.2, -0.15) is 0 Å². The second-order valence-corrected chi connectivity index (χ2v) is 7.33. The van der Waals surface area contributed by atoms with Crippen LogP contribution in [0.5, 0.6) is 0 Å². The molecular formula is C18H28N2O2. The smallest absolute Gasteiger partial charge is 0.412 e. The molecule has 122 valence electrons. The van der Waals surface area contributed by atoms with Gasteiger partial charge in [0.2, 0.25) is 0 Å². The van der Waals surface area contributed by atoms with E-state index >= 15 is 0 Å². The van der Waals surface area contributed by atoms with Gasteiger partial charge in [-0.15, -0.1) is 0 Å². The van der Waals surface area contributed by atoms with Crippen LogP contribution in [-0.2, 0) is 10.2 Å². The average molecular weight is 304 g/mol. The SMILES string of the molecule is Cc1ccc(C2(CCN)CCC2)cc1NC(=O)OC(C)(C)C. The van der Waals surface area contributed by atoms with E-state index in [4.69, 9.17) is 10.5 Å². The summed E-state index contributed by atoms with van der Waals surface area (Å²) in [5, 5.41) is 2.88. The number of anilines is 1. The fraction of sp³-hybridized carbons (Fsp3) is 0.611. The number of hydrogen-bond donors (Lipinski definition) is 2. The van der Waals surface area contributed by atoms with Gasteiger partial charge in [-0.05, 0) is 76.1 Å². The molecule has 0 aliphatic heterocycles. The predicted octanol–water partition coefficient (Wildman–Crippen LogP) is 4.11. The minimum absolute atomic E-state index is 0.201. The number of amides is 1. The third-order valence-electron chi connectivity index (χ3n) is 4.42. The van der Waals surface area contributed by atoms with Crippen molar-refractivity contribution in [2.24, 2.45) is 5.73 Å². The van der Waals surface area contributed by atoms with E-state index in [0.29, 0.717) is 6.54 Å². The molecule has 3 N–H and O–H groups in total. The highest BCUT2D eigenvalue weighted by atomic mass is 16.6. The Kier molecular flexibility index (Phi) is 4.81. The first-order valence-corrected chi connectivity index (χ1v) is 8.07. The van der Waals surface area contributed by atoms with Gasteiger partial charge in [0.05, 0.1) is 0 Å². The van der Waals surface area contributed by atoms with Crippen molar-refractivity contribution < 1.29 is 9.53 Å². The van der Waals surface area contributed by atoms with E-state index in [9.17, 15) is 4.79 Å². The fourth-order valence-corrected chi connectivity index (χ4v) is 3.06. The molecule has 2 rings (SSSR count). The molecule has 1 fully saturated rings. The summed E-state index contributed by atoms with van der Waals surface area (Å²) in [5.41, 5.74) is 8.64. The van der Waals surface area contributed by atoms with Crippen molar-refractivity contribution in [3.8, 4) is 0 Å². The van der Waals surface area contributed by atoms with Crippen molar-refractivity contribution in [3.63, 3.8) is 0 Å². The summed E-state index contributed by atoms with van der Waals surface area (Å²) < 4.78 is 5.34. The van der Waals surface area contributed by atoms with Crippen LogP contribution in [0.2, 0.25) is 0 Å². The van der Waals surface area contributed by atoms with E-state index in [-0.39, 0.29) is 5.41 Å². The molecule has 1 aliphatic rings. The van der Waals surface area contributed by atoms with Crippen LogP contribution in [0, 0.1) is 6.92 Å². The van der Waals surface area contributed by atoms with Gasteiger partial charge >= 0.3 is 6.09 Å². The quantitative estimate of drug-likeness (QED) is 0.879. The number of aryl methyl sites for hydroxylation is 1. The first kappa shape index (κ1) is 16.8. The molecule has 0 radical (unpaired) electrons. The summed E-state index contributed by atoms with van der Waals surface area (Å²) in [5.74, 6) is 0. The van der Waals surface area contributed by atoms with Crippen LogP contribution in [0.25, 0.3) is 0 Å². The largest absolute Gasteiger partial charge is 0.444 e. The molecule has 0 bridgehead atoms. The number of hydrogen-bond acceptors (Lipinski definition) is 3. The molecule has 1 aromatic rings. The van der Waals surface area contributed by atoms with Gasteiger partial charge in [-0.25, -0.2) is 4.79 Å². The molecule has 22 heavy (non-hydrogen) atoms. The molecule has 0 spiro atoms. The molecule has 1 aliphatic carbocycles. The Morgan fingerprint density at radius 3 is 2.55 bits per heavy atom. The third kappa shape index (κ3) is 3.80. The first-order valence-electron chi connectivity index (χ1n) is 8.07. The van der Waals surface area contributed by atoms with Crippen LogP contribution in [0.4, 0.5) is 10.5 Å². The van der Waals surface area contributed by atoms with Crippen LogP contribution < -0.4 is 11.1 Å². The summed E-state index contributed by atoms with van der Waals surface area (Å²) in [6.45, 7) is 8.27. The first-order chi connectivity index (χ1) is 10.3. The lowest BCUT2D eigenvalue weighted by Gasteiger charge is -2.42. The Bertz CT molecular complexity index is 543. The van der Waals surface area contributed by atoms with E-state index in [0.717, 1.165) is 17.7 Å². The number of nitrogens with two attached hydrogens (primary N) is 1. The maximum absolute atomic E-state index is 12.0. The van der Waals surface area contributed by atoms with Gasteiger partial charge in [0.1, 0.15) is 5.60 Å². The Labute approximate surface area is 133 Å². The lowest BCUT2D eigenvalue weighted by molar-refractivity contribution is 0.0635. The highest BCUT2D eigenvalue weighted by Crippen LogP contribution is 2.46. The highest BCUT2D eigenvalue weighted by Gasteiger charge is 2.38. The lowest BCUT2D eigenvalue weighted by atomic mass is 9.62. The molecule has 0 aromatic heterocycles. The number of benzene rings is 1. The summed E-state index contributed by atoms with van der Waals surface area (Å²) in [6, 6.07) is 6.33. The van der Waals surface area contributed by atoms with Gasteiger partial charge in [0, 0.05) is 5.69 Å². The number of rotatable bonds is 4. The van der Waals surface area contributed by atoms with Gasteiger partial charge in [0.25, 0.3) is 0 Å². The molecule has 0 unspecified atom stereocenters. The summed E-state index contributed by atoms with van der Waals surface area (Å²) in [7, 11) is 0. The molecule has 1 saturated carbocycles. The Balaban J connectivity index is 2.18. The van der Waals surface area contributed by atoms with Crippen LogP contribution in [0.15, 0.2) is 18.2 Å². The molecule has 4 nitrogen and oxygen atoms in total. The molecule has 1 aromatic carbocycles. The zero-order chi connectivity index (χ0) is 16.4. The summed E-state index contributed by atoms with van der Waals surface area (Å²) in [4.78, 5) is 12.0.